The summed E-state index contributed by atoms with van der Waals surface area (Å²) in [5.41, 5.74) is 1.57. The maximum Gasteiger partial charge on any atom is 0.255 e. The number of nitrogens with zero attached hydrogens (tertiary/aromatic N) is 1. The summed E-state index contributed by atoms with van der Waals surface area (Å²) in [6.45, 7) is -0.513. The first-order valence-electron chi connectivity index (χ1n) is 10.5. The number of ether oxygens (including phenoxy) is 1. The molecule has 34 heavy (non-hydrogen) atoms. The van der Waals surface area contributed by atoms with E-state index in [1.807, 2.05) is 6.07 Å². The van der Waals surface area contributed by atoms with Crippen LogP contribution in [0.3, 0.4) is 0 Å². The van der Waals surface area contributed by atoms with Crippen molar-refractivity contribution in [2.75, 3.05) is 20.3 Å². The zero-order valence-electron chi connectivity index (χ0n) is 18.5. The highest BCUT2D eigenvalue weighted by atomic mass is 35.5. The molecule has 0 fully saturated rings. The van der Waals surface area contributed by atoms with E-state index >= 15 is 0 Å². The summed E-state index contributed by atoms with van der Waals surface area (Å²) in [4.78, 5) is 17.5. The van der Waals surface area contributed by atoms with Gasteiger partial charge in [-0.3, -0.25) is 10.2 Å². The molecule has 3 rings (SSSR count). The lowest BCUT2D eigenvalue weighted by Gasteiger charge is -2.17. The molecule has 0 aliphatic heterocycles. The van der Waals surface area contributed by atoms with Gasteiger partial charge in [0.05, 0.1) is 18.9 Å². The molecule has 1 atom stereocenters. The number of halogens is 2. The van der Waals surface area contributed by atoms with Gasteiger partial charge in [0.15, 0.2) is 5.76 Å². The predicted molar refractivity (Wildman–Crippen MR) is 129 cm³/mol. The fraction of sp³-hybridized carbons (Fsp3) is 0.240. The number of hydrogen-bond acceptors (Lipinski definition) is 5. The molecule has 7 nitrogen and oxygen atoms in total. The number of carbonyl (C=O) groups is 1. The van der Waals surface area contributed by atoms with Crippen LogP contribution in [0.2, 0.25) is 5.02 Å². The van der Waals surface area contributed by atoms with Crippen LogP contribution in [0.4, 0.5) is 4.39 Å². The molecule has 3 aromatic rings. The lowest BCUT2D eigenvalue weighted by atomic mass is 10.1. The molecule has 3 N–H and O–H groups in total. The number of aromatic nitrogens is 1. The fourth-order valence-electron chi connectivity index (χ4n) is 3.29. The third-order valence-electron chi connectivity index (χ3n) is 4.99. The molecule has 0 spiro atoms. The van der Waals surface area contributed by atoms with Gasteiger partial charge >= 0.3 is 0 Å². The minimum Gasteiger partial charge on any atom is -0.496 e. The van der Waals surface area contributed by atoms with E-state index in [4.69, 9.17) is 32.6 Å². The summed E-state index contributed by atoms with van der Waals surface area (Å²) in [7, 11) is 1.47. The van der Waals surface area contributed by atoms with Gasteiger partial charge in [0.1, 0.15) is 24.3 Å². The SMILES string of the molecule is C#Cc1ccc(OC)c(C(=O)N[C@@H](CCCNC(=N)CF)c2ncc(-c3cccc(Cl)c3)o2)c1. The highest BCUT2D eigenvalue weighted by Crippen LogP contribution is 2.28. The van der Waals surface area contributed by atoms with E-state index < -0.39 is 18.6 Å². The van der Waals surface area contributed by atoms with Gasteiger partial charge in [-0.2, -0.15) is 0 Å². The molecule has 0 aliphatic rings. The van der Waals surface area contributed by atoms with E-state index in [0.29, 0.717) is 47.4 Å². The van der Waals surface area contributed by atoms with Gasteiger partial charge in [-0.1, -0.05) is 29.7 Å². The lowest BCUT2D eigenvalue weighted by Crippen LogP contribution is -2.31. The molecule has 176 valence electrons. The Labute approximate surface area is 202 Å². The second-order valence-corrected chi connectivity index (χ2v) is 7.78. The molecular weight excluding hydrogens is 459 g/mol. The van der Waals surface area contributed by atoms with Gasteiger partial charge < -0.3 is 19.8 Å². The average Bonchev–Trinajstić information content (AvgIpc) is 3.35. The van der Waals surface area contributed by atoms with Crippen molar-refractivity contribution in [3.63, 3.8) is 0 Å². The van der Waals surface area contributed by atoms with Crippen LogP contribution < -0.4 is 15.4 Å². The van der Waals surface area contributed by atoms with Crippen molar-refractivity contribution in [2.24, 2.45) is 0 Å². The second kappa shape index (κ2) is 11.9. The Hall–Kier alpha value is -3.83. The molecule has 2 aromatic carbocycles. The van der Waals surface area contributed by atoms with E-state index in [2.05, 4.69) is 21.5 Å². The summed E-state index contributed by atoms with van der Waals surface area (Å²) in [6, 6.07) is 11.4. The lowest BCUT2D eigenvalue weighted by molar-refractivity contribution is 0.0924. The maximum absolute atomic E-state index is 13.1. The van der Waals surface area contributed by atoms with Gasteiger partial charge in [-0.15, -0.1) is 6.42 Å². The van der Waals surface area contributed by atoms with Gasteiger partial charge in [0, 0.05) is 22.7 Å². The minimum atomic E-state index is -0.867. The summed E-state index contributed by atoms with van der Waals surface area (Å²) in [6.07, 6.45) is 7.99. The highest BCUT2D eigenvalue weighted by molar-refractivity contribution is 6.30. The monoisotopic (exact) mass is 482 g/mol. The van der Waals surface area contributed by atoms with Crippen LogP contribution in [0.15, 0.2) is 53.1 Å². The Bertz CT molecular complexity index is 1200. The van der Waals surface area contributed by atoms with Crippen LogP contribution in [0.25, 0.3) is 11.3 Å². The third-order valence-corrected chi connectivity index (χ3v) is 5.22. The number of benzene rings is 2. The Kier molecular flexibility index (Phi) is 8.66. The number of methoxy groups -OCH3 is 1. The molecule has 1 heterocycles. The number of carbonyl (C=O) groups excluding carboxylic acids is 1. The number of oxazole rings is 1. The maximum atomic E-state index is 13.1. The Morgan fingerprint density at radius 2 is 2.18 bits per heavy atom. The van der Waals surface area contributed by atoms with Crippen molar-refractivity contribution in [1.29, 1.82) is 5.41 Å². The third kappa shape index (κ3) is 6.36. The zero-order valence-corrected chi connectivity index (χ0v) is 19.3. The molecule has 0 saturated carbocycles. The number of terminal acetylenes is 1. The highest BCUT2D eigenvalue weighted by Gasteiger charge is 2.23. The first-order valence-corrected chi connectivity index (χ1v) is 10.9. The number of alkyl halides is 1. The van der Waals surface area contributed by atoms with E-state index in [-0.39, 0.29) is 11.4 Å². The second-order valence-electron chi connectivity index (χ2n) is 7.34. The fourth-order valence-corrected chi connectivity index (χ4v) is 3.48. The van der Waals surface area contributed by atoms with Crippen LogP contribution in [0.1, 0.15) is 40.7 Å². The zero-order chi connectivity index (χ0) is 24.5. The van der Waals surface area contributed by atoms with Crippen LogP contribution in [0, 0.1) is 17.8 Å². The van der Waals surface area contributed by atoms with E-state index in [1.54, 1.807) is 42.6 Å². The molecule has 1 amide bonds. The van der Waals surface area contributed by atoms with Gasteiger partial charge in [0.25, 0.3) is 5.91 Å². The van der Waals surface area contributed by atoms with Crippen LogP contribution in [-0.4, -0.2) is 37.1 Å². The number of rotatable bonds is 10. The van der Waals surface area contributed by atoms with Gasteiger partial charge in [-0.25, -0.2) is 9.37 Å². The Morgan fingerprint density at radius 1 is 1.35 bits per heavy atom. The van der Waals surface area contributed by atoms with E-state index in [0.717, 1.165) is 5.56 Å². The molecule has 9 heteroatoms. The number of amidine groups is 1. The summed E-state index contributed by atoms with van der Waals surface area (Å²) in [5.74, 6) is 3.07. The number of nitrogens with one attached hydrogen (secondary N) is 3. The van der Waals surface area contributed by atoms with E-state index in [9.17, 15) is 9.18 Å². The van der Waals surface area contributed by atoms with Crippen molar-refractivity contribution in [3.05, 3.63) is 70.7 Å². The number of amides is 1. The molecule has 0 saturated heterocycles. The van der Waals surface area contributed by atoms with Crippen molar-refractivity contribution in [3.8, 4) is 29.4 Å². The minimum absolute atomic E-state index is 0.198. The molecule has 0 aliphatic carbocycles. The van der Waals surface area contributed by atoms with Crippen LogP contribution in [0.5, 0.6) is 5.75 Å². The van der Waals surface area contributed by atoms with Crippen molar-refractivity contribution < 1.29 is 18.3 Å². The van der Waals surface area contributed by atoms with Gasteiger partial charge in [0.2, 0.25) is 5.89 Å². The predicted octanol–water partition coefficient (Wildman–Crippen LogP) is 4.77. The smallest absolute Gasteiger partial charge is 0.255 e. The molecule has 0 bridgehead atoms. The van der Waals surface area contributed by atoms with Crippen molar-refractivity contribution >= 4 is 23.3 Å². The summed E-state index contributed by atoms with van der Waals surface area (Å²) >= 11 is 6.08. The molecular formula is C25H24ClFN4O3. The quantitative estimate of drug-likeness (QED) is 0.167. The Balaban J connectivity index is 1.83. The molecule has 0 unspecified atom stereocenters. The Morgan fingerprint density at radius 3 is 2.88 bits per heavy atom. The van der Waals surface area contributed by atoms with Crippen LogP contribution in [-0.2, 0) is 0 Å². The molecule has 1 aromatic heterocycles. The normalized spacial score (nSPS) is 11.4. The standard InChI is InChI=1S/C25H24ClFN4O3/c1-3-16-9-10-21(33-2)19(12-16)24(32)31-20(8-5-11-29-23(28)14-27)25-30-15-22(34-25)17-6-4-7-18(26)13-17/h1,4,6-7,9-10,12-13,15,20H,5,8,11,14H2,2H3,(H2,28,29)(H,31,32)/t20-/m0/s1. The van der Waals surface area contributed by atoms with Crippen molar-refractivity contribution in [1.82, 2.24) is 15.6 Å². The molecule has 0 radical (unpaired) electrons. The first-order chi connectivity index (χ1) is 16.4. The average molecular weight is 483 g/mol. The van der Waals surface area contributed by atoms with E-state index in [1.165, 1.54) is 7.11 Å². The van der Waals surface area contributed by atoms with Crippen LogP contribution >= 0.6 is 11.6 Å². The topological polar surface area (TPSA) is 100 Å². The number of hydrogen-bond donors (Lipinski definition) is 3. The van der Waals surface area contributed by atoms with Crippen molar-refractivity contribution in [2.45, 2.75) is 18.9 Å². The van der Waals surface area contributed by atoms with Gasteiger partial charge in [-0.05, 0) is 43.2 Å². The largest absolute Gasteiger partial charge is 0.496 e. The summed E-state index contributed by atoms with van der Waals surface area (Å²) in [5, 5.41) is 13.6. The first kappa shape index (κ1) is 24.8. The summed E-state index contributed by atoms with van der Waals surface area (Å²) < 4.78 is 23.8.